The van der Waals surface area contributed by atoms with Crippen LogP contribution in [0, 0.1) is 0 Å². The highest BCUT2D eigenvalue weighted by Crippen LogP contribution is 2.35. The molecule has 5 heteroatoms. The third-order valence-corrected chi connectivity index (χ3v) is 3.22. The van der Waals surface area contributed by atoms with E-state index in [4.69, 9.17) is 10.5 Å². The highest BCUT2D eigenvalue weighted by Gasteiger charge is 2.15. The molecule has 1 heterocycles. The van der Waals surface area contributed by atoms with Crippen molar-refractivity contribution in [1.29, 1.82) is 0 Å². The maximum atomic E-state index is 11.5. The van der Waals surface area contributed by atoms with Gasteiger partial charge in [-0.05, 0) is 31.2 Å². The first-order valence-electron chi connectivity index (χ1n) is 6.55. The van der Waals surface area contributed by atoms with Crippen LogP contribution in [0.25, 0.3) is 21.8 Å². The molecule has 3 N–H and O–H groups in total. The summed E-state index contributed by atoms with van der Waals surface area (Å²) in [4.78, 5) is 16.0. The quantitative estimate of drug-likeness (QED) is 0.428. The summed E-state index contributed by atoms with van der Waals surface area (Å²) in [5.41, 5.74) is 6.92. The first-order chi connectivity index (χ1) is 10.1. The van der Waals surface area contributed by atoms with Crippen LogP contribution < -0.4 is 10.5 Å². The van der Waals surface area contributed by atoms with E-state index in [0.29, 0.717) is 10.9 Å². The summed E-state index contributed by atoms with van der Waals surface area (Å²) in [6.45, 7) is 1.52. The number of phenols is 1. The van der Waals surface area contributed by atoms with E-state index in [1.54, 1.807) is 6.07 Å². The van der Waals surface area contributed by atoms with E-state index in [0.717, 1.165) is 10.9 Å². The van der Waals surface area contributed by atoms with Gasteiger partial charge < -0.3 is 15.6 Å². The number of fused-ring (bicyclic) bond motifs is 2. The van der Waals surface area contributed by atoms with Crippen LogP contribution in [-0.2, 0) is 4.79 Å². The lowest BCUT2D eigenvalue weighted by Gasteiger charge is -2.10. The van der Waals surface area contributed by atoms with E-state index in [-0.39, 0.29) is 11.5 Å². The third kappa shape index (κ3) is 2.39. The summed E-state index contributed by atoms with van der Waals surface area (Å²) in [6.07, 6.45) is 0. The highest BCUT2D eigenvalue weighted by atomic mass is 16.5. The van der Waals surface area contributed by atoms with Crippen LogP contribution >= 0.6 is 0 Å². The van der Waals surface area contributed by atoms with Crippen LogP contribution in [0.2, 0.25) is 0 Å². The maximum Gasteiger partial charge on any atom is 0.328 e. The molecule has 0 aliphatic rings. The Morgan fingerprint density at radius 1 is 1.24 bits per heavy atom. The number of pyridine rings is 1. The molecule has 21 heavy (non-hydrogen) atoms. The Balaban J connectivity index is 2.15. The molecule has 106 valence electrons. The maximum absolute atomic E-state index is 11.5. The zero-order valence-electron chi connectivity index (χ0n) is 11.4. The van der Waals surface area contributed by atoms with Crippen LogP contribution in [0.1, 0.15) is 6.92 Å². The lowest BCUT2D eigenvalue weighted by molar-refractivity contribution is -0.135. The number of rotatable bonds is 2. The number of benzene rings is 2. The number of nitrogens with zero attached hydrogens (tertiary/aromatic N) is 1. The van der Waals surface area contributed by atoms with Crippen LogP contribution in [0.15, 0.2) is 42.5 Å². The van der Waals surface area contributed by atoms with Gasteiger partial charge in [0.2, 0.25) is 0 Å². The van der Waals surface area contributed by atoms with Crippen molar-refractivity contribution >= 4 is 27.8 Å². The second-order valence-electron chi connectivity index (χ2n) is 4.87. The van der Waals surface area contributed by atoms with Crippen molar-refractivity contribution in [3.05, 3.63) is 42.5 Å². The number of carbonyl (C=O) groups excluding carboxylic acids is 1. The molecule has 0 saturated heterocycles. The van der Waals surface area contributed by atoms with Crippen molar-refractivity contribution in [2.45, 2.75) is 13.0 Å². The number of ether oxygens (including phenoxy) is 1. The van der Waals surface area contributed by atoms with E-state index < -0.39 is 12.0 Å². The summed E-state index contributed by atoms with van der Waals surface area (Å²) in [5, 5.41) is 11.7. The summed E-state index contributed by atoms with van der Waals surface area (Å²) >= 11 is 0. The molecule has 1 aromatic heterocycles. The third-order valence-electron chi connectivity index (χ3n) is 3.22. The largest absolute Gasteiger partial charge is 0.504 e. The Bertz CT molecular complexity index is 843. The van der Waals surface area contributed by atoms with E-state index in [2.05, 4.69) is 4.98 Å². The summed E-state index contributed by atoms with van der Waals surface area (Å²) in [6, 6.07) is 11.9. The molecule has 0 unspecified atom stereocenters. The fourth-order valence-electron chi connectivity index (χ4n) is 2.10. The van der Waals surface area contributed by atoms with Gasteiger partial charge in [0.15, 0.2) is 11.5 Å². The Hall–Kier alpha value is -2.66. The summed E-state index contributed by atoms with van der Waals surface area (Å²) in [7, 11) is 0. The predicted molar refractivity (Wildman–Crippen MR) is 80.2 cm³/mol. The summed E-state index contributed by atoms with van der Waals surface area (Å²) in [5.74, 6) is -0.625. The molecule has 3 aromatic rings. The normalized spacial score (nSPS) is 12.5. The second kappa shape index (κ2) is 5.03. The molecule has 0 spiro atoms. The van der Waals surface area contributed by atoms with Gasteiger partial charge in [-0.2, -0.15) is 0 Å². The van der Waals surface area contributed by atoms with Crippen LogP contribution in [0.4, 0.5) is 0 Å². The van der Waals surface area contributed by atoms with Gasteiger partial charge in [0.05, 0.1) is 11.0 Å². The topological polar surface area (TPSA) is 85.4 Å². The molecule has 0 saturated carbocycles. The number of hydrogen-bond acceptors (Lipinski definition) is 5. The average molecular weight is 282 g/mol. The number of aromatic hydroxyl groups is 1. The van der Waals surface area contributed by atoms with Crippen molar-refractivity contribution < 1.29 is 14.6 Å². The number of phenolic OH excluding ortho intramolecular Hbond substituents is 1. The number of nitrogens with two attached hydrogens (primary N) is 1. The van der Waals surface area contributed by atoms with Gasteiger partial charge in [-0.25, -0.2) is 9.78 Å². The second-order valence-corrected chi connectivity index (χ2v) is 4.87. The zero-order valence-corrected chi connectivity index (χ0v) is 11.4. The van der Waals surface area contributed by atoms with Gasteiger partial charge in [-0.1, -0.05) is 18.2 Å². The van der Waals surface area contributed by atoms with E-state index >= 15 is 0 Å². The zero-order chi connectivity index (χ0) is 15.0. The lowest BCUT2D eigenvalue weighted by atomic mass is 10.1. The molecule has 3 rings (SSSR count). The summed E-state index contributed by atoms with van der Waals surface area (Å²) < 4.78 is 5.09. The smallest absolute Gasteiger partial charge is 0.328 e. The molecular formula is C16H14N2O3. The standard InChI is InChI=1S/C16H14N2O3/c1-9(17)16(20)21-14-7-6-13-11(15(14)19)8-10-4-2-3-5-12(10)18-13/h2-9,19H,17H2,1H3/t9-/m0/s1. The predicted octanol–water partition coefficient (Wildman–Crippen LogP) is 2.35. The average Bonchev–Trinajstić information content (AvgIpc) is 2.48. The molecule has 0 aliphatic heterocycles. The van der Waals surface area contributed by atoms with E-state index in [9.17, 15) is 9.90 Å². The molecule has 0 amide bonds. The molecule has 0 aliphatic carbocycles. The highest BCUT2D eigenvalue weighted by molar-refractivity contribution is 5.97. The Morgan fingerprint density at radius 3 is 2.76 bits per heavy atom. The minimum Gasteiger partial charge on any atom is -0.504 e. The number of para-hydroxylation sites is 1. The number of esters is 1. The Morgan fingerprint density at radius 2 is 2.00 bits per heavy atom. The number of carbonyl (C=O) groups is 1. The number of aromatic nitrogens is 1. The SMILES string of the molecule is C[C@H](N)C(=O)Oc1ccc2nc3ccccc3cc2c1O. The molecular weight excluding hydrogens is 268 g/mol. The first-order valence-corrected chi connectivity index (χ1v) is 6.55. The van der Waals surface area contributed by atoms with Crippen molar-refractivity contribution in [2.24, 2.45) is 5.73 Å². The number of hydrogen-bond donors (Lipinski definition) is 2. The molecule has 5 nitrogen and oxygen atoms in total. The fraction of sp³-hybridized carbons (Fsp3) is 0.125. The van der Waals surface area contributed by atoms with Crippen LogP contribution in [0.5, 0.6) is 11.5 Å². The first kappa shape index (κ1) is 13.3. The van der Waals surface area contributed by atoms with E-state index in [1.807, 2.05) is 30.3 Å². The molecule has 0 radical (unpaired) electrons. The van der Waals surface area contributed by atoms with Crippen molar-refractivity contribution in [3.63, 3.8) is 0 Å². The molecule has 0 fully saturated rings. The molecule has 2 aromatic carbocycles. The van der Waals surface area contributed by atoms with Crippen LogP contribution in [-0.4, -0.2) is 22.1 Å². The van der Waals surface area contributed by atoms with Crippen molar-refractivity contribution in [3.8, 4) is 11.5 Å². The van der Waals surface area contributed by atoms with Gasteiger partial charge in [0.25, 0.3) is 0 Å². The monoisotopic (exact) mass is 282 g/mol. The van der Waals surface area contributed by atoms with Gasteiger partial charge in [-0.3, -0.25) is 0 Å². The Labute approximate surface area is 121 Å². The van der Waals surface area contributed by atoms with Crippen molar-refractivity contribution in [1.82, 2.24) is 4.98 Å². The van der Waals surface area contributed by atoms with Gasteiger partial charge in [0.1, 0.15) is 6.04 Å². The minimum absolute atomic E-state index is 0.0851. The Kier molecular flexibility index (Phi) is 3.19. The minimum atomic E-state index is -0.755. The lowest BCUT2D eigenvalue weighted by Crippen LogP contribution is -2.30. The molecule has 0 bridgehead atoms. The van der Waals surface area contributed by atoms with E-state index in [1.165, 1.54) is 13.0 Å². The molecule has 1 atom stereocenters. The van der Waals surface area contributed by atoms with Gasteiger partial charge >= 0.3 is 5.97 Å². The van der Waals surface area contributed by atoms with Crippen LogP contribution in [0.3, 0.4) is 0 Å². The van der Waals surface area contributed by atoms with Gasteiger partial charge in [-0.15, -0.1) is 0 Å². The fourth-order valence-corrected chi connectivity index (χ4v) is 2.10. The van der Waals surface area contributed by atoms with Gasteiger partial charge in [0, 0.05) is 10.8 Å². The van der Waals surface area contributed by atoms with Crippen molar-refractivity contribution in [2.75, 3.05) is 0 Å².